The first-order valence-electron chi connectivity index (χ1n) is 8.84. The van der Waals surface area contributed by atoms with Crippen molar-refractivity contribution in [3.8, 4) is 6.07 Å². The lowest BCUT2D eigenvalue weighted by Crippen LogP contribution is -2.39. The maximum atomic E-state index is 10.1. The van der Waals surface area contributed by atoms with E-state index in [0.717, 1.165) is 19.4 Å². The summed E-state index contributed by atoms with van der Waals surface area (Å²) in [5.41, 5.74) is 1.47. The fraction of sp³-hybridized carbons (Fsp3) is 0.526. The van der Waals surface area contributed by atoms with E-state index in [9.17, 15) is 5.11 Å². The third kappa shape index (κ3) is 4.25. The Morgan fingerprint density at radius 1 is 1.28 bits per heavy atom. The van der Waals surface area contributed by atoms with E-state index in [-0.39, 0.29) is 6.04 Å². The lowest BCUT2D eigenvalue weighted by Gasteiger charge is -2.32. The third-order valence-electron chi connectivity index (χ3n) is 4.86. The van der Waals surface area contributed by atoms with Crippen LogP contribution in [0.2, 0.25) is 0 Å². The summed E-state index contributed by atoms with van der Waals surface area (Å²) >= 11 is 0. The fourth-order valence-electron chi connectivity index (χ4n) is 3.33. The van der Waals surface area contributed by atoms with Crippen LogP contribution in [0, 0.1) is 11.3 Å². The summed E-state index contributed by atoms with van der Waals surface area (Å²) in [4.78, 5) is 0. The molecule has 0 saturated heterocycles. The van der Waals surface area contributed by atoms with Crippen LogP contribution in [0.1, 0.15) is 62.4 Å². The minimum Gasteiger partial charge on any atom is -0.384 e. The SMILES string of the molecule is CC(C)(O)c1cn([C@@H]2CCCC[C@@H]2NCc2ccc(C#N)cc2)nn1. The minimum atomic E-state index is -0.974. The van der Waals surface area contributed by atoms with Crippen LogP contribution in [0.4, 0.5) is 0 Å². The molecular weight excluding hydrogens is 314 g/mol. The van der Waals surface area contributed by atoms with Gasteiger partial charge in [0.15, 0.2) is 0 Å². The summed E-state index contributed by atoms with van der Waals surface area (Å²) in [6, 6.07) is 10.4. The fourth-order valence-corrected chi connectivity index (χ4v) is 3.33. The van der Waals surface area contributed by atoms with Gasteiger partial charge in [0.2, 0.25) is 0 Å². The molecule has 2 N–H and O–H groups in total. The minimum absolute atomic E-state index is 0.246. The van der Waals surface area contributed by atoms with Gasteiger partial charge in [0.1, 0.15) is 11.3 Å². The van der Waals surface area contributed by atoms with Crippen molar-refractivity contribution in [2.45, 2.75) is 63.8 Å². The maximum Gasteiger partial charge on any atom is 0.114 e. The van der Waals surface area contributed by atoms with Gasteiger partial charge in [0, 0.05) is 12.6 Å². The molecule has 2 atom stereocenters. The second-order valence-electron chi connectivity index (χ2n) is 7.29. The number of nitrogens with one attached hydrogen (secondary N) is 1. The van der Waals surface area contributed by atoms with Crippen molar-refractivity contribution in [2.24, 2.45) is 0 Å². The Labute approximate surface area is 148 Å². The maximum absolute atomic E-state index is 10.1. The predicted octanol–water partition coefficient (Wildman–Crippen LogP) is 2.65. The Morgan fingerprint density at radius 3 is 2.64 bits per heavy atom. The molecule has 25 heavy (non-hydrogen) atoms. The molecule has 0 amide bonds. The lowest BCUT2D eigenvalue weighted by molar-refractivity contribution is 0.0736. The second-order valence-corrected chi connectivity index (χ2v) is 7.29. The standard InChI is InChI=1S/C19H25N5O/c1-19(2,25)18-13-24(23-22-18)17-6-4-3-5-16(17)21-12-15-9-7-14(11-20)8-10-15/h7-10,13,16-17,21,25H,3-6,12H2,1-2H3/t16-,17+/m0/s1. The van der Waals surface area contributed by atoms with Crippen molar-refractivity contribution in [3.63, 3.8) is 0 Å². The average molecular weight is 339 g/mol. The molecular formula is C19H25N5O. The molecule has 1 aliphatic rings. The smallest absolute Gasteiger partial charge is 0.114 e. The molecule has 3 rings (SSSR count). The molecule has 0 aliphatic heterocycles. The van der Waals surface area contributed by atoms with E-state index in [4.69, 9.17) is 5.26 Å². The van der Waals surface area contributed by atoms with Crippen molar-refractivity contribution < 1.29 is 5.11 Å². The van der Waals surface area contributed by atoms with Gasteiger partial charge in [-0.1, -0.05) is 30.2 Å². The molecule has 0 bridgehead atoms. The quantitative estimate of drug-likeness (QED) is 0.874. The highest BCUT2D eigenvalue weighted by Gasteiger charge is 2.29. The van der Waals surface area contributed by atoms with Crippen LogP contribution in [0.5, 0.6) is 0 Å². The van der Waals surface area contributed by atoms with Crippen molar-refractivity contribution in [1.82, 2.24) is 20.3 Å². The van der Waals surface area contributed by atoms with E-state index in [0.29, 0.717) is 17.3 Å². The van der Waals surface area contributed by atoms with E-state index in [2.05, 4.69) is 21.7 Å². The molecule has 1 aliphatic carbocycles. The van der Waals surface area contributed by atoms with Crippen molar-refractivity contribution in [1.29, 1.82) is 5.26 Å². The van der Waals surface area contributed by atoms with Crippen molar-refractivity contribution in [3.05, 3.63) is 47.3 Å². The summed E-state index contributed by atoms with van der Waals surface area (Å²) in [6.07, 6.45) is 6.40. The molecule has 132 valence electrons. The van der Waals surface area contributed by atoms with Crippen molar-refractivity contribution in [2.75, 3.05) is 0 Å². The summed E-state index contributed by atoms with van der Waals surface area (Å²) in [5.74, 6) is 0. The van der Waals surface area contributed by atoms with Gasteiger partial charge < -0.3 is 10.4 Å². The Kier molecular flexibility index (Phi) is 5.16. The highest BCUT2D eigenvalue weighted by atomic mass is 16.3. The predicted molar refractivity (Wildman–Crippen MR) is 94.6 cm³/mol. The van der Waals surface area contributed by atoms with Gasteiger partial charge in [-0.3, -0.25) is 0 Å². The van der Waals surface area contributed by atoms with Crippen LogP contribution in [0.25, 0.3) is 0 Å². The Hall–Kier alpha value is -2.23. The molecule has 0 radical (unpaired) electrons. The Morgan fingerprint density at radius 2 is 2.00 bits per heavy atom. The molecule has 1 aromatic heterocycles. The van der Waals surface area contributed by atoms with E-state index < -0.39 is 5.60 Å². The third-order valence-corrected chi connectivity index (χ3v) is 4.86. The van der Waals surface area contributed by atoms with Crippen molar-refractivity contribution >= 4 is 0 Å². The zero-order chi connectivity index (χ0) is 17.9. The molecule has 2 aromatic rings. The molecule has 6 nitrogen and oxygen atoms in total. The van der Waals surface area contributed by atoms with Crippen LogP contribution in [-0.4, -0.2) is 26.1 Å². The summed E-state index contributed by atoms with van der Waals surface area (Å²) in [6.45, 7) is 4.21. The number of benzene rings is 1. The first kappa shape index (κ1) is 17.6. The monoisotopic (exact) mass is 339 g/mol. The van der Waals surface area contributed by atoms with Crippen LogP contribution < -0.4 is 5.32 Å². The number of aliphatic hydroxyl groups is 1. The lowest BCUT2D eigenvalue weighted by atomic mass is 9.90. The van der Waals surface area contributed by atoms with Gasteiger partial charge in [-0.25, -0.2) is 4.68 Å². The van der Waals surface area contributed by atoms with Gasteiger partial charge in [0.05, 0.1) is 23.9 Å². The molecule has 6 heteroatoms. The van der Waals surface area contributed by atoms with Gasteiger partial charge in [-0.15, -0.1) is 5.10 Å². The summed E-state index contributed by atoms with van der Waals surface area (Å²) < 4.78 is 1.91. The molecule has 1 saturated carbocycles. The van der Waals surface area contributed by atoms with Gasteiger partial charge >= 0.3 is 0 Å². The molecule has 1 aromatic carbocycles. The van der Waals surface area contributed by atoms with Gasteiger partial charge in [0.25, 0.3) is 0 Å². The number of nitriles is 1. The molecule has 1 fully saturated rings. The van der Waals surface area contributed by atoms with Gasteiger partial charge in [-0.05, 0) is 44.4 Å². The van der Waals surface area contributed by atoms with Crippen LogP contribution >= 0.6 is 0 Å². The number of nitrogens with zero attached hydrogens (tertiary/aromatic N) is 4. The molecule has 0 spiro atoms. The Balaban J connectivity index is 1.68. The zero-order valence-corrected chi connectivity index (χ0v) is 14.8. The zero-order valence-electron chi connectivity index (χ0n) is 14.8. The largest absolute Gasteiger partial charge is 0.384 e. The summed E-state index contributed by atoms with van der Waals surface area (Å²) in [5, 5.41) is 31.0. The first-order chi connectivity index (χ1) is 12.0. The van der Waals surface area contributed by atoms with E-state index in [1.807, 2.05) is 35.1 Å². The topological polar surface area (TPSA) is 86.8 Å². The number of hydrogen-bond donors (Lipinski definition) is 2. The first-order valence-corrected chi connectivity index (χ1v) is 8.84. The second kappa shape index (κ2) is 7.34. The highest BCUT2D eigenvalue weighted by Crippen LogP contribution is 2.29. The van der Waals surface area contributed by atoms with Crippen LogP contribution in [0.15, 0.2) is 30.5 Å². The number of rotatable bonds is 5. The van der Waals surface area contributed by atoms with E-state index in [1.54, 1.807) is 13.8 Å². The van der Waals surface area contributed by atoms with Crippen LogP contribution in [-0.2, 0) is 12.1 Å². The highest BCUT2D eigenvalue weighted by molar-refractivity contribution is 5.31. The van der Waals surface area contributed by atoms with Crippen LogP contribution in [0.3, 0.4) is 0 Å². The molecule has 1 heterocycles. The Bertz CT molecular complexity index is 738. The number of aromatic nitrogens is 3. The van der Waals surface area contributed by atoms with E-state index in [1.165, 1.54) is 18.4 Å². The average Bonchev–Trinajstić information content (AvgIpc) is 3.11. The molecule has 0 unspecified atom stereocenters. The number of hydrogen-bond acceptors (Lipinski definition) is 5. The van der Waals surface area contributed by atoms with E-state index >= 15 is 0 Å². The normalized spacial score (nSPS) is 21.0. The van der Waals surface area contributed by atoms with Gasteiger partial charge in [-0.2, -0.15) is 5.26 Å². The summed E-state index contributed by atoms with van der Waals surface area (Å²) in [7, 11) is 0.